The molecule has 14 heavy (non-hydrogen) atoms. The van der Waals surface area contributed by atoms with Crippen molar-refractivity contribution in [3.63, 3.8) is 0 Å². The van der Waals surface area contributed by atoms with Crippen LogP contribution in [0.2, 0.25) is 0 Å². The van der Waals surface area contributed by atoms with E-state index in [2.05, 4.69) is 18.7 Å². The lowest BCUT2D eigenvalue weighted by molar-refractivity contribution is -0.137. The normalized spacial score (nSPS) is 26.3. The van der Waals surface area contributed by atoms with Gasteiger partial charge in [0.1, 0.15) is 0 Å². The van der Waals surface area contributed by atoms with Gasteiger partial charge in [-0.25, -0.2) is 0 Å². The van der Waals surface area contributed by atoms with Crippen molar-refractivity contribution in [2.24, 2.45) is 11.3 Å². The van der Waals surface area contributed by atoms with E-state index in [4.69, 9.17) is 0 Å². The van der Waals surface area contributed by atoms with Crippen LogP contribution in [-0.2, 0) is 4.79 Å². The minimum absolute atomic E-state index is 0.0407. The molecule has 0 spiro atoms. The van der Waals surface area contributed by atoms with E-state index in [0.717, 1.165) is 31.8 Å². The Morgan fingerprint density at radius 2 is 1.93 bits per heavy atom. The first-order valence-electron chi connectivity index (χ1n) is 5.95. The molecule has 1 heterocycles. The summed E-state index contributed by atoms with van der Waals surface area (Å²) in [6.07, 6.45) is 5.94. The fourth-order valence-corrected chi connectivity index (χ4v) is 2.33. The van der Waals surface area contributed by atoms with Gasteiger partial charge >= 0.3 is 0 Å². The molecule has 0 radical (unpaired) electrons. The summed E-state index contributed by atoms with van der Waals surface area (Å²) in [6, 6.07) is 0. The maximum atomic E-state index is 12.0. The van der Waals surface area contributed by atoms with Crippen molar-refractivity contribution >= 4 is 5.91 Å². The summed E-state index contributed by atoms with van der Waals surface area (Å²) in [5, 5.41) is 0. The van der Waals surface area contributed by atoms with Crippen LogP contribution >= 0.6 is 0 Å². The SMILES string of the molecule is CCC1CCN(C(=O)C2(C)CC2)CC1. The smallest absolute Gasteiger partial charge is 0.228 e. The molecule has 0 aromatic heterocycles. The predicted octanol–water partition coefficient (Wildman–Crippen LogP) is 2.44. The van der Waals surface area contributed by atoms with Gasteiger partial charge in [0.25, 0.3) is 0 Å². The highest BCUT2D eigenvalue weighted by atomic mass is 16.2. The fourth-order valence-electron chi connectivity index (χ4n) is 2.33. The van der Waals surface area contributed by atoms with Crippen molar-refractivity contribution in [1.29, 1.82) is 0 Å². The number of carbonyl (C=O) groups excluding carboxylic acids is 1. The molecule has 80 valence electrons. The van der Waals surface area contributed by atoms with Gasteiger partial charge in [-0.15, -0.1) is 0 Å². The molecule has 0 N–H and O–H groups in total. The first-order valence-corrected chi connectivity index (χ1v) is 5.95. The minimum atomic E-state index is 0.0407. The van der Waals surface area contributed by atoms with E-state index in [9.17, 15) is 4.79 Å². The third kappa shape index (κ3) is 1.79. The minimum Gasteiger partial charge on any atom is -0.342 e. The van der Waals surface area contributed by atoms with Crippen molar-refractivity contribution in [2.75, 3.05) is 13.1 Å². The van der Waals surface area contributed by atoms with Crippen molar-refractivity contribution in [3.8, 4) is 0 Å². The number of rotatable bonds is 2. The van der Waals surface area contributed by atoms with Crippen LogP contribution in [0, 0.1) is 11.3 Å². The second kappa shape index (κ2) is 3.56. The summed E-state index contributed by atoms with van der Waals surface area (Å²) >= 11 is 0. The van der Waals surface area contributed by atoms with Crippen molar-refractivity contribution in [2.45, 2.75) is 46.0 Å². The summed E-state index contributed by atoms with van der Waals surface area (Å²) in [5.41, 5.74) is 0.0407. The predicted molar refractivity (Wildman–Crippen MR) is 56.9 cm³/mol. The van der Waals surface area contributed by atoms with Crippen LogP contribution in [0.3, 0.4) is 0 Å². The van der Waals surface area contributed by atoms with Crippen LogP contribution < -0.4 is 0 Å². The third-order valence-electron chi connectivity index (χ3n) is 4.00. The van der Waals surface area contributed by atoms with E-state index in [0.29, 0.717) is 5.91 Å². The van der Waals surface area contributed by atoms with E-state index < -0.39 is 0 Å². The Labute approximate surface area is 86.7 Å². The maximum Gasteiger partial charge on any atom is 0.228 e. The van der Waals surface area contributed by atoms with E-state index >= 15 is 0 Å². The van der Waals surface area contributed by atoms with Crippen molar-refractivity contribution in [1.82, 2.24) is 4.90 Å². The van der Waals surface area contributed by atoms with Crippen LogP contribution in [0.1, 0.15) is 46.0 Å². The van der Waals surface area contributed by atoms with E-state index in [1.807, 2.05) is 0 Å². The molecule has 1 aliphatic heterocycles. The number of likely N-dealkylation sites (tertiary alicyclic amines) is 1. The second-order valence-corrected chi connectivity index (χ2v) is 5.20. The van der Waals surface area contributed by atoms with E-state index in [-0.39, 0.29) is 5.41 Å². The monoisotopic (exact) mass is 195 g/mol. The third-order valence-corrected chi connectivity index (χ3v) is 4.00. The zero-order valence-electron chi connectivity index (χ0n) is 9.38. The highest BCUT2D eigenvalue weighted by Gasteiger charge is 2.47. The molecule has 0 aromatic carbocycles. The van der Waals surface area contributed by atoms with Gasteiger partial charge in [-0.05, 0) is 31.6 Å². The quantitative estimate of drug-likeness (QED) is 0.662. The molecule has 1 amide bonds. The van der Waals surface area contributed by atoms with Crippen LogP contribution in [-0.4, -0.2) is 23.9 Å². The Balaban J connectivity index is 1.86. The molecule has 1 saturated heterocycles. The molecule has 2 fully saturated rings. The van der Waals surface area contributed by atoms with Crippen molar-refractivity contribution in [3.05, 3.63) is 0 Å². The summed E-state index contributed by atoms with van der Waals surface area (Å²) < 4.78 is 0. The molecule has 2 nitrogen and oxygen atoms in total. The van der Waals surface area contributed by atoms with Crippen LogP contribution in [0.4, 0.5) is 0 Å². The topological polar surface area (TPSA) is 20.3 Å². The van der Waals surface area contributed by atoms with Gasteiger partial charge in [-0.3, -0.25) is 4.79 Å². The molecule has 0 unspecified atom stereocenters. The number of amides is 1. The largest absolute Gasteiger partial charge is 0.342 e. The summed E-state index contributed by atoms with van der Waals surface area (Å²) in [5.74, 6) is 1.29. The lowest BCUT2D eigenvalue weighted by atomic mass is 9.93. The lowest BCUT2D eigenvalue weighted by Gasteiger charge is -2.33. The average Bonchev–Trinajstić information content (AvgIpc) is 2.97. The number of hydrogen-bond acceptors (Lipinski definition) is 1. The molecule has 1 saturated carbocycles. The van der Waals surface area contributed by atoms with Gasteiger partial charge in [-0.2, -0.15) is 0 Å². The highest BCUT2D eigenvalue weighted by molar-refractivity contribution is 5.84. The summed E-state index contributed by atoms with van der Waals surface area (Å²) in [6.45, 7) is 6.38. The van der Waals surface area contributed by atoms with Gasteiger partial charge in [0.15, 0.2) is 0 Å². The Hall–Kier alpha value is -0.530. The molecule has 2 aliphatic rings. The number of carbonyl (C=O) groups is 1. The molecule has 0 aromatic rings. The van der Waals surface area contributed by atoms with Gasteiger partial charge in [0, 0.05) is 18.5 Å². The maximum absolute atomic E-state index is 12.0. The average molecular weight is 195 g/mol. The van der Waals surface area contributed by atoms with Gasteiger partial charge in [0.05, 0.1) is 0 Å². The highest BCUT2D eigenvalue weighted by Crippen LogP contribution is 2.46. The fraction of sp³-hybridized carbons (Fsp3) is 0.917. The summed E-state index contributed by atoms with van der Waals surface area (Å²) in [4.78, 5) is 14.1. The van der Waals surface area contributed by atoms with Crippen LogP contribution in [0.25, 0.3) is 0 Å². The molecular formula is C12H21NO. The zero-order chi connectivity index (χ0) is 10.2. The molecule has 1 aliphatic carbocycles. The first kappa shape index (κ1) is 10.0. The van der Waals surface area contributed by atoms with E-state index in [1.165, 1.54) is 19.3 Å². The standard InChI is InChI=1S/C12H21NO/c1-3-10-4-8-13(9-5-10)11(14)12(2)6-7-12/h10H,3-9H2,1-2H3. The molecule has 0 bridgehead atoms. The Morgan fingerprint density at radius 3 is 2.36 bits per heavy atom. The van der Waals surface area contributed by atoms with E-state index in [1.54, 1.807) is 0 Å². The Kier molecular flexibility index (Phi) is 2.54. The zero-order valence-corrected chi connectivity index (χ0v) is 9.38. The second-order valence-electron chi connectivity index (χ2n) is 5.20. The molecular weight excluding hydrogens is 174 g/mol. The lowest BCUT2D eigenvalue weighted by Crippen LogP contribution is -2.41. The molecule has 2 rings (SSSR count). The first-order chi connectivity index (χ1) is 6.65. The number of piperidine rings is 1. The molecule has 0 atom stereocenters. The Bertz CT molecular complexity index is 224. The van der Waals surface area contributed by atoms with Gasteiger partial charge < -0.3 is 4.90 Å². The Morgan fingerprint density at radius 1 is 1.36 bits per heavy atom. The number of nitrogens with zero attached hydrogens (tertiary/aromatic N) is 1. The van der Waals surface area contributed by atoms with Crippen LogP contribution in [0.15, 0.2) is 0 Å². The summed E-state index contributed by atoms with van der Waals surface area (Å²) in [7, 11) is 0. The van der Waals surface area contributed by atoms with Crippen LogP contribution in [0.5, 0.6) is 0 Å². The number of hydrogen-bond donors (Lipinski definition) is 0. The molecule has 2 heteroatoms. The van der Waals surface area contributed by atoms with Gasteiger partial charge in [0.2, 0.25) is 5.91 Å². The van der Waals surface area contributed by atoms with Gasteiger partial charge in [-0.1, -0.05) is 20.3 Å². The van der Waals surface area contributed by atoms with Crippen molar-refractivity contribution < 1.29 is 4.79 Å².